The van der Waals surface area contributed by atoms with E-state index in [4.69, 9.17) is 0 Å². The third-order valence-electron chi connectivity index (χ3n) is 4.40. The predicted octanol–water partition coefficient (Wildman–Crippen LogP) is 1.13. The van der Waals surface area contributed by atoms with Gasteiger partial charge < -0.3 is 20.5 Å². The molecule has 0 aliphatic rings. The van der Waals surface area contributed by atoms with E-state index in [-0.39, 0.29) is 5.91 Å². The highest BCUT2D eigenvalue weighted by molar-refractivity contribution is 5.84. The van der Waals surface area contributed by atoms with E-state index in [9.17, 15) is 4.79 Å². The molecule has 1 aromatic carbocycles. The predicted molar refractivity (Wildman–Crippen MR) is 106 cm³/mol. The Hall–Kier alpha value is -2.90. The van der Waals surface area contributed by atoms with E-state index in [1.807, 2.05) is 62.7 Å². The van der Waals surface area contributed by atoms with Crippen molar-refractivity contribution in [2.75, 3.05) is 13.6 Å². The molecule has 0 unspecified atom stereocenters. The summed E-state index contributed by atoms with van der Waals surface area (Å²) in [6.07, 6.45) is 0. The quantitative estimate of drug-likeness (QED) is 0.501. The molecule has 0 spiro atoms. The Morgan fingerprint density at radius 1 is 1.19 bits per heavy atom. The lowest BCUT2D eigenvalue weighted by molar-refractivity contribution is -0.128. The van der Waals surface area contributed by atoms with Gasteiger partial charge in [0.2, 0.25) is 5.91 Å². The average Bonchev–Trinajstić information content (AvgIpc) is 2.99. The van der Waals surface area contributed by atoms with Crippen LogP contribution in [0.4, 0.5) is 0 Å². The van der Waals surface area contributed by atoms with Crippen LogP contribution >= 0.6 is 0 Å². The Labute approximate surface area is 160 Å². The van der Waals surface area contributed by atoms with E-state index in [1.54, 1.807) is 7.05 Å². The smallest absolute Gasteiger partial charge is 0.227 e. The molecular formula is C19H29N7O. The van der Waals surface area contributed by atoms with Crippen molar-refractivity contribution in [3.63, 3.8) is 0 Å². The standard InChI is InChI=1S/C19H29N7O/c1-14-24-25-16(26(14)5)12-22-18(21-11-15-9-7-6-8-10-15)23-13-19(2,3)17(27)20-4/h6-10H,11-13H2,1-5H3,(H,20,27)(H2,21,22,23). The van der Waals surface area contributed by atoms with Crippen molar-refractivity contribution in [3.05, 3.63) is 47.5 Å². The van der Waals surface area contributed by atoms with Crippen LogP contribution in [0, 0.1) is 12.3 Å². The Kier molecular flexibility index (Phi) is 6.92. The topological polar surface area (TPSA) is 96.2 Å². The lowest BCUT2D eigenvalue weighted by Crippen LogP contribution is -2.47. The normalized spacial score (nSPS) is 12.0. The molecule has 0 radical (unpaired) electrons. The second-order valence-electron chi connectivity index (χ2n) is 7.04. The van der Waals surface area contributed by atoms with Crippen LogP contribution in [0.5, 0.6) is 0 Å². The molecule has 27 heavy (non-hydrogen) atoms. The Bertz CT molecular complexity index is 781. The number of nitrogens with one attached hydrogen (secondary N) is 3. The minimum absolute atomic E-state index is 0.0265. The summed E-state index contributed by atoms with van der Waals surface area (Å²) in [7, 11) is 3.57. The first-order valence-corrected chi connectivity index (χ1v) is 8.96. The van der Waals surface area contributed by atoms with Crippen molar-refractivity contribution in [3.8, 4) is 0 Å². The molecule has 1 heterocycles. The first-order chi connectivity index (χ1) is 12.8. The van der Waals surface area contributed by atoms with E-state index in [0.717, 1.165) is 17.2 Å². The SMILES string of the molecule is CNC(=O)C(C)(C)CNC(=NCc1ccccc1)NCc1nnc(C)n1C. The third-order valence-corrected chi connectivity index (χ3v) is 4.40. The van der Waals surface area contributed by atoms with Crippen LogP contribution in [0.25, 0.3) is 0 Å². The van der Waals surface area contributed by atoms with Gasteiger partial charge >= 0.3 is 0 Å². The zero-order chi connectivity index (χ0) is 19.9. The fourth-order valence-electron chi connectivity index (χ4n) is 2.42. The van der Waals surface area contributed by atoms with Crippen LogP contribution < -0.4 is 16.0 Å². The molecular weight excluding hydrogens is 342 g/mol. The van der Waals surface area contributed by atoms with Crippen molar-refractivity contribution < 1.29 is 4.79 Å². The minimum Gasteiger partial charge on any atom is -0.359 e. The number of guanidine groups is 1. The molecule has 0 fully saturated rings. The van der Waals surface area contributed by atoms with E-state index < -0.39 is 5.41 Å². The fraction of sp³-hybridized carbons (Fsp3) is 0.474. The molecule has 0 aliphatic heterocycles. The van der Waals surface area contributed by atoms with Gasteiger partial charge in [-0.1, -0.05) is 30.3 Å². The van der Waals surface area contributed by atoms with Crippen LogP contribution in [0.1, 0.15) is 31.1 Å². The lowest BCUT2D eigenvalue weighted by Gasteiger charge is -2.24. The summed E-state index contributed by atoms with van der Waals surface area (Å²) in [5, 5.41) is 17.5. The number of benzene rings is 1. The van der Waals surface area contributed by atoms with Gasteiger partial charge in [-0.25, -0.2) is 4.99 Å². The molecule has 0 aliphatic carbocycles. The number of aryl methyl sites for hydroxylation is 1. The third kappa shape index (κ3) is 5.80. The number of carbonyl (C=O) groups excluding carboxylic acids is 1. The van der Waals surface area contributed by atoms with E-state index in [1.165, 1.54) is 0 Å². The van der Waals surface area contributed by atoms with Crippen LogP contribution in [0.3, 0.4) is 0 Å². The summed E-state index contributed by atoms with van der Waals surface area (Å²) >= 11 is 0. The molecule has 1 amide bonds. The number of hydrogen-bond acceptors (Lipinski definition) is 4. The van der Waals surface area contributed by atoms with E-state index in [2.05, 4.69) is 31.1 Å². The number of amides is 1. The molecule has 3 N–H and O–H groups in total. The molecule has 0 saturated heterocycles. The van der Waals surface area contributed by atoms with Gasteiger partial charge in [0, 0.05) is 20.6 Å². The Morgan fingerprint density at radius 2 is 1.89 bits per heavy atom. The summed E-state index contributed by atoms with van der Waals surface area (Å²) in [5.74, 6) is 2.26. The maximum atomic E-state index is 12.0. The van der Waals surface area contributed by atoms with Gasteiger partial charge in [0.1, 0.15) is 5.82 Å². The van der Waals surface area contributed by atoms with Crippen molar-refractivity contribution in [1.82, 2.24) is 30.7 Å². The summed E-state index contributed by atoms with van der Waals surface area (Å²) < 4.78 is 1.93. The summed E-state index contributed by atoms with van der Waals surface area (Å²) in [5.41, 5.74) is 0.546. The van der Waals surface area contributed by atoms with Crippen LogP contribution in [-0.4, -0.2) is 40.2 Å². The second kappa shape index (κ2) is 9.16. The maximum Gasteiger partial charge on any atom is 0.227 e. The summed E-state index contributed by atoms with van der Waals surface area (Å²) in [6, 6.07) is 10.0. The molecule has 0 bridgehead atoms. The van der Waals surface area contributed by atoms with Gasteiger partial charge in [-0.05, 0) is 26.3 Å². The van der Waals surface area contributed by atoms with Gasteiger partial charge in [0.25, 0.3) is 0 Å². The van der Waals surface area contributed by atoms with Crippen molar-refractivity contribution in [1.29, 1.82) is 0 Å². The number of aliphatic imine (C=N–C) groups is 1. The number of carbonyl (C=O) groups is 1. The van der Waals surface area contributed by atoms with Gasteiger partial charge in [-0.3, -0.25) is 4.79 Å². The minimum atomic E-state index is -0.564. The lowest BCUT2D eigenvalue weighted by atomic mass is 9.92. The number of nitrogens with zero attached hydrogens (tertiary/aromatic N) is 4. The van der Waals surface area contributed by atoms with E-state index >= 15 is 0 Å². The first-order valence-electron chi connectivity index (χ1n) is 8.96. The zero-order valence-electron chi connectivity index (χ0n) is 16.7. The van der Waals surface area contributed by atoms with Crippen molar-refractivity contribution in [2.24, 2.45) is 17.5 Å². The van der Waals surface area contributed by atoms with Gasteiger partial charge in [0.15, 0.2) is 11.8 Å². The highest BCUT2D eigenvalue weighted by Crippen LogP contribution is 2.13. The molecule has 0 saturated carbocycles. The van der Waals surface area contributed by atoms with Crippen LogP contribution in [0.15, 0.2) is 35.3 Å². The second-order valence-corrected chi connectivity index (χ2v) is 7.04. The fourth-order valence-corrected chi connectivity index (χ4v) is 2.42. The average molecular weight is 371 g/mol. The molecule has 1 aromatic heterocycles. The molecule has 8 heteroatoms. The van der Waals surface area contributed by atoms with Crippen molar-refractivity contribution >= 4 is 11.9 Å². The highest BCUT2D eigenvalue weighted by Gasteiger charge is 2.26. The monoisotopic (exact) mass is 371 g/mol. The molecule has 2 rings (SSSR count). The number of rotatable bonds is 7. The molecule has 146 valence electrons. The summed E-state index contributed by atoms with van der Waals surface area (Å²) in [4.78, 5) is 16.7. The zero-order valence-corrected chi connectivity index (χ0v) is 16.7. The first kappa shape index (κ1) is 20.4. The number of aromatic nitrogens is 3. The molecule has 0 atom stereocenters. The summed E-state index contributed by atoms with van der Waals surface area (Å²) in [6.45, 7) is 7.16. The number of hydrogen-bond donors (Lipinski definition) is 3. The van der Waals surface area contributed by atoms with Crippen LogP contribution in [-0.2, 0) is 24.9 Å². The van der Waals surface area contributed by atoms with Gasteiger partial charge in [-0.15, -0.1) is 10.2 Å². The Balaban J connectivity index is 2.07. The van der Waals surface area contributed by atoms with Gasteiger partial charge in [0.05, 0.1) is 18.5 Å². The molecule has 2 aromatic rings. The largest absolute Gasteiger partial charge is 0.359 e. The van der Waals surface area contributed by atoms with Crippen LogP contribution in [0.2, 0.25) is 0 Å². The molecule has 8 nitrogen and oxygen atoms in total. The van der Waals surface area contributed by atoms with E-state index in [0.29, 0.717) is 25.6 Å². The van der Waals surface area contributed by atoms with Gasteiger partial charge in [-0.2, -0.15) is 0 Å². The van der Waals surface area contributed by atoms with Crippen molar-refractivity contribution in [2.45, 2.75) is 33.9 Å². The highest BCUT2D eigenvalue weighted by atomic mass is 16.2. The Morgan fingerprint density at radius 3 is 2.48 bits per heavy atom. The maximum absolute atomic E-state index is 12.0.